The van der Waals surface area contributed by atoms with E-state index in [0.29, 0.717) is 10.6 Å². The zero-order valence-electron chi connectivity index (χ0n) is 15.6. The second kappa shape index (κ2) is 11.2. The van der Waals surface area contributed by atoms with Crippen molar-refractivity contribution in [2.75, 3.05) is 6.61 Å². The van der Waals surface area contributed by atoms with Crippen molar-refractivity contribution in [3.8, 4) is 0 Å². The largest absolute Gasteiger partial charge is 0.455 e. The highest BCUT2D eigenvalue weighted by molar-refractivity contribution is 7.09. The molecule has 29 heavy (non-hydrogen) atoms. The number of carbonyl (C=O) groups excluding carboxylic acids is 4. The fourth-order valence-corrected chi connectivity index (χ4v) is 3.12. The van der Waals surface area contributed by atoms with Crippen molar-refractivity contribution in [2.24, 2.45) is 0 Å². The van der Waals surface area contributed by atoms with Crippen molar-refractivity contribution in [1.82, 2.24) is 16.0 Å². The van der Waals surface area contributed by atoms with Crippen LogP contribution in [0.5, 0.6) is 0 Å². The Labute approximate surface area is 176 Å². The van der Waals surface area contributed by atoms with E-state index in [-0.39, 0.29) is 18.9 Å². The van der Waals surface area contributed by atoms with Crippen LogP contribution in [-0.4, -0.2) is 30.4 Å². The van der Waals surface area contributed by atoms with Crippen LogP contribution in [0.3, 0.4) is 0 Å². The standard InChI is InChI=1S/C19H20ClN3O5S/c1-12(24)22-16(13-4-6-14(20)7-5-13)9-18(26)28-11-17(25)23-19(27)21-10-15-3-2-8-29-15/h2-8,16H,9-11H2,1H3,(H,22,24)(H2,21,23,25,27). The summed E-state index contributed by atoms with van der Waals surface area (Å²) >= 11 is 7.32. The maximum Gasteiger partial charge on any atom is 0.321 e. The van der Waals surface area contributed by atoms with Crippen molar-refractivity contribution in [1.29, 1.82) is 0 Å². The van der Waals surface area contributed by atoms with Crippen LogP contribution in [0.2, 0.25) is 5.02 Å². The van der Waals surface area contributed by atoms with E-state index in [9.17, 15) is 19.2 Å². The van der Waals surface area contributed by atoms with Gasteiger partial charge in [-0.2, -0.15) is 0 Å². The normalized spacial score (nSPS) is 11.2. The van der Waals surface area contributed by atoms with Gasteiger partial charge in [0.1, 0.15) is 0 Å². The smallest absolute Gasteiger partial charge is 0.321 e. The number of urea groups is 1. The molecule has 0 aliphatic heterocycles. The van der Waals surface area contributed by atoms with Crippen LogP contribution in [0.15, 0.2) is 41.8 Å². The number of rotatable bonds is 8. The molecule has 1 aromatic carbocycles. The quantitative estimate of drug-likeness (QED) is 0.549. The van der Waals surface area contributed by atoms with Crippen LogP contribution in [0.4, 0.5) is 4.79 Å². The minimum absolute atomic E-state index is 0.181. The van der Waals surface area contributed by atoms with Gasteiger partial charge >= 0.3 is 12.0 Å². The second-order valence-corrected chi connectivity index (χ2v) is 7.45. The molecule has 0 saturated heterocycles. The lowest BCUT2D eigenvalue weighted by Gasteiger charge is -2.17. The molecule has 1 unspecified atom stereocenters. The van der Waals surface area contributed by atoms with E-state index in [0.717, 1.165) is 4.88 Å². The van der Waals surface area contributed by atoms with E-state index in [1.807, 2.05) is 17.5 Å². The maximum atomic E-state index is 12.1. The Morgan fingerprint density at radius 2 is 1.86 bits per heavy atom. The second-order valence-electron chi connectivity index (χ2n) is 5.98. The molecular weight excluding hydrogens is 418 g/mol. The van der Waals surface area contributed by atoms with Crippen LogP contribution in [0.25, 0.3) is 0 Å². The lowest BCUT2D eigenvalue weighted by molar-refractivity contribution is -0.148. The van der Waals surface area contributed by atoms with Gasteiger partial charge in [0, 0.05) is 16.8 Å². The molecule has 0 fully saturated rings. The number of hydrogen-bond donors (Lipinski definition) is 3. The van der Waals surface area contributed by atoms with Crippen molar-refractivity contribution >= 4 is 46.8 Å². The Balaban J connectivity index is 1.78. The van der Waals surface area contributed by atoms with E-state index >= 15 is 0 Å². The van der Waals surface area contributed by atoms with Crippen molar-refractivity contribution in [3.63, 3.8) is 0 Å². The molecule has 0 radical (unpaired) electrons. The Morgan fingerprint density at radius 1 is 1.14 bits per heavy atom. The molecule has 10 heteroatoms. The molecule has 0 aliphatic carbocycles. The summed E-state index contributed by atoms with van der Waals surface area (Å²) in [5.41, 5.74) is 0.666. The predicted molar refractivity (Wildman–Crippen MR) is 108 cm³/mol. The van der Waals surface area contributed by atoms with E-state index in [1.54, 1.807) is 24.3 Å². The third-order valence-electron chi connectivity index (χ3n) is 3.64. The number of esters is 1. The molecule has 1 atom stereocenters. The third-order valence-corrected chi connectivity index (χ3v) is 4.77. The van der Waals surface area contributed by atoms with Crippen LogP contribution >= 0.6 is 22.9 Å². The van der Waals surface area contributed by atoms with Gasteiger partial charge in [0.05, 0.1) is 19.0 Å². The Bertz CT molecular complexity index is 855. The lowest BCUT2D eigenvalue weighted by atomic mass is 10.0. The highest BCUT2D eigenvalue weighted by Crippen LogP contribution is 2.20. The first-order chi connectivity index (χ1) is 13.8. The van der Waals surface area contributed by atoms with Gasteiger partial charge < -0.3 is 15.4 Å². The fourth-order valence-electron chi connectivity index (χ4n) is 2.35. The van der Waals surface area contributed by atoms with E-state index in [2.05, 4.69) is 16.0 Å². The topological polar surface area (TPSA) is 114 Å². The molecular formula is C19H20ClN3O5S. The number of halogens is 1. The number of imide groups is 1. The summed E-state index contributed by atoms with van der Waals surface area (Å²) in [4.78, 5) is 47.8. The van der Waals surface area contributed by atoms with E-state index in [4.69, 9.17) is 16.3 Å². The highest BCUT2D eigenvalue weighted by atomic mass is 35.5. The minimum Gasteiger partial charge on any atom is -0.455 e. The number of amides is 4. The van der Waals surface area contributed by atoms with Gasteiger partial charge in [-0.05, 0) is 29.1 Å². The molecule has 8 nitrogen and oxygen atoms in total. The van der Waals surface area contributed by atoms with Crippen LogP contribution in [0, 0.1) is 0 Å². The number of carbonyl (C=O) groups is 4. The summed E-state index contributed by atoms with van der Waals surface area (Å²) in [6.45, 7) is 1.01. The SMILES string of the molecule is CC(=O)NC(CC(=O)OCC(=O)NC(=O)NCc1cccs1)c1ccc(Cl)cc1. The first kappa shape index (κ1) is 22.4. The first-order valence-electron chi connectivity index (χ1n) is 8.61. The zero-order chi connectivity index (χ0) is 21.2. The molecule has 0 saturated carbocycles. The van der Waals surface area contributed by atoms with Crippen molar-refractivity contribution in [3.05, 3.63) is 57.2 Å². The van der Waals surface area contributed by atoms with Gasteiger partial charge in [-0.25, -0.2) is 4.79 Å². The summed E-state index contributed by atoms with van der Waals surface area (Å²) in [5.74, 6) is -1.78. The number of hydrogen-bond acceptors (Lipinski definition) is 6. The van der Waals surface area contributed by atoms with Crippen molar-refractivity contribution < 1.29 is 23.9 Å². The number of thiophene rings is 1. The van der Waals surface area contributed by atoms with Gasteiger partial charge in [0.2, 0.25) is 5.91 Å². The molecule has 3 N–H and O–H groups in total. The van der Waals surface area contributed by atoms with Gasteiger partial charge in [-0.3, -0.25) is 19.7 Å². The summed E-state index contributed by atoms with van der Waals surface area (Å²) < 4.78 is 4.91. The predicted octanol–water partition coefficient (Wildman–Crippen LogP) is 2.54. The summed E-state index contributed by atoms with van der Waals surface area (Å²) in [6, 6.07) is 9.02. The number of benzene rings is 1. The van der Waals surface area contributed by atoms with Gasteiger partial charge in [0.25, 0.3) is 5.91 Å². The van der Waals surface area contributed by atoms with Crippen LogP contribution < -0.4 is 16.0 Å². The van der Waals surface area contributed by atoms with Gasteiger partial charge in [-0.15, -0.1) is 11.3 Å². The Morgan fingerprint density at radius 3 is 2.48 bits per heavy atom. The van der Waals surface area contributed by atoms with E-state index < -0.39 is 30.6 Å². The molecule has 2 aromatic rings. The minimum atomic E-state index is -0.760. The molecule has 1 aromatic heterocycles. The third kappa shape index (κ3) is 8.32. The van der Waals surface area contributed by atoms with Crippen LogP contribution in [-0.2, 0) is 25.7 Å². The van der Waals surface area contributed by atoms with E-state index in [1.165, 1.54) is 18.3 Å². The summed E-state index contributed by atoms with van der Waals surface area (Å²) in [5, 5.41) is 9.64. The number of ether oxygens (including phenoxy) is 1. The van der Waals surface area contributed by atoms with Crippen molar-refractivity contribution in [2.45, 2.75) is 25.9 Å². The molecule has 1 heterocycles. The monoisotopic (exact) mass is 437 g/mol. The molecule has 0 bridgehead atoms. The van der Waals surface area contributed by atoms with Gasteiger partial charge in [-0.1, -0.05) is 29.8 Å². The maximum absolute atomic E-state index is 12.1. The molecule has 4 amide bonds. The zero-order valence-corrected chi connectivity index (χ0v) is 17.1. The molecule has 0 spiro atoms. The van der Waals surface area contributed by atoms with Crippen LogP contribution in [0.1, 0.15) is 29.8 Å². The first-order valence-corrected chi connectivity index (χ1v) is 9.87. The average Bonchev–Trinajstić information content (AvgIpc) is 3.18. The fraction of sp³-hybridized carbons (Fsp3) is 0.263. The Hall–Kier alpha value is -2.91. The number of nitrogens with one attached hydrogen (secondary N) is 3. The molecule has 2 rings (SSSR count). The summed E-state index contributed by atoms with van der Waals surface area (Å²) in [6.07, 6.45) is -0.181. The van der Waals surface area contributed by atoms with Gasteiger partial charge in [0.15, 0.2) is 6.61 Å². The summed E-state index contributed by atoms with van der Waals surface area (Å²) in [7, 11) is 0. The highest BCUT2D eigenvalue weighted by Gasteiger charge is 2.19. The average molecular weight is 438 g/mol. The molecule has 154 valence electrons. The molecule has 0 aliphatic rings. The lowest BCUT2D eigenvalue weighted by Crippen LogP contribution is -2.41. The Kier molecular flexibility index (Phi) is 8.63.